The van der Waals surface area contributed by atoms with Crippen LogP contribution >= 0.6 is 0 Å². The summed E-state index contributed by atoms with van der Waals surface area (Å²) in [7, 11) is 0. The topological polar surface area (TPSA) is 46.5 Å². The molecule has 0 radical (unpaired) electrons. The van der Waals surface area contributed by atoms with Crippen LogP contribution in [0.15, 0.2) is 30.3 Å². The summed E-state index contributed by atoms with van der Waals surface area (Å²) < 4.78 is 5.30. The van der Waals surface area contributed by atoms with E-state index in [9.17, 15) is 4.79 Å². The van der Waals surface area contributed by atoms with E-state index in [0.717, 1.165) is 0 Å². The molecule has 0 amide bonds. The molecule has 1 rings (SSSR count). The number of benzene rings is 1. The molecule has 0 aromatic heterocycles. The molecule has 0 aliphatic heterocycles. The van der Waals surface area contributed by atoms with Crippen LogP contribution in [-0.4, -0.2) is 29.7 Å². The van der Waals surface area contributed by atoms with Crippen LogP contribution in [0.25, 0.3) is 0 Å². The van der Waals surface area contributed by atoms with Gasteiger partial charge in [0.05, 0.1) is 13.2 Å². The van der Waals surface area contributed by atoms with E-state index in [4.69, 9.17) is 9.84 Å². The lowest BCUT2D eigenvalue weighted by molar-refractivity contribution is -0.0174. The van der Waals surface area contributed by atoms with Crippen LogP contribution < -0.4 is 0 Å². The minimum Gasteiger partial charge on any atom is -0.394 e. The first-order valence-corrected chi connectivity index (χ1v) is 4.92. The van der Waals surface area contributed by atoms with Crippen molar-refractivity contribution in [3.8, 4) is 0 Å². The van der Waals surface area contributed by atoms with Crippen LogP contribution in [0.4, 0.5) is 0 Å². The number of hydrogen-bond acceptors (Lipinski definition) is 3. The lowest BCUT2D eigenvalue weighted by Crippen LogP contribution is -2.36. The van der Waals surface area contributed by atoms with Gasteiger partial charge in [0, 0.05) is 5.56 Å². The fourth-order valence-corrected chi connectivity index (χ4v) is 1.30. The SMILES string of the molecule is CC(C)(OCCO)C(=O)c1ccccc1. The Morgan fingerprint density at radius 2 is 1.93 bits per heavy atom. The molecule has 1 N–H and O–H groups in total. The molecule has 0 fully saturated rings. The second kappa shape index (κ2) is 5.05. The maximum Gasteiger partial charge on any atom is 0.194 e. The van der Waals surface area contributed by atoms with Gasteiger partial charge in [-0.15, -0.1) is 0 Å². The zero-order chi connectivity index (χ0) is 11.3. The molecule has 0 aliphatic rings. The fraction of sp³-hybridized carbons (Fsp3) is 0.417. The number of aliphatic hydroxyl groups excluding tert-OH is 1. The molecular formula is C12H16O3. The summed E-state index contributed by atoms with van der Waals surface area (Å²) in [5, 5.41) is 8.65. The Hall–Kier alpha value is -1.19. The van der Waals surface area contributed by atoms with Gasteiger partial charge in [0.15, 0.2) is 5.78 Å². The maximum absolute atomic E-state index is 12.0. The quantitative estimate of drug-likeness (QED) is 0.748. The molecule has 0 unspecified atom stereocenters. The van der Waals surface area contributed by atoms with Crippen molar-refractivity contribution < 1.29 is 14.6 Å². The highest BCUT2D eigenvalue weighted by molar-refractivity contribution is 6.01. The number of hydrogen-bond donors (Lipinski definition) is 1. The van der Waals surface area contributed by atoms with Crippen molar-refractivity contribution in [2.45, 2.75) is 19.4 Å². The molecule has 0 aliphatic carbocycles. The van der Waals surface area contributed by atoms with Gasteiger partial charge in [-0.2, -0.15) is 0 Å². The molecule has 0 saturated heterocycles. The lowest BCUT2D eigenvalue weighted by Gasteiger charge is -2.23. The zero-order valence-electron chi connectivity index (χ0n) is 9.06. The maximum atomic E-state index is 12.0. The monoisotopic (exact) mass is 208 g/mol. The summed E-state index contributed by atoms with van der Waals surface area (Å²) in [6.07, 6.45) is 0. The average Bonchev–Trinajstić information content (AvgIpc) is 2.26. The summed E-state index contributed by atoms with van der Waals surface area (Å²) >= 11 is 0. The first kappa shape index (κ1) is 11.9. The third-order valence-corrected chi connectivity index (χ3v) is 2.14. The molecule has 3 heteroatoms. The van der Waals surface area contributed by atoms with Crippen LogP contribution in [0.1, 0.15) is 24.2 Å². The number of carbonyl (C=O) groups is 1. The largest absolute Gasteiger partial charge is 0.394 e. The normalized spacial score (nSPS) is 11.4. The van der Waals surface area contributed by atoms with Gasteiger partial charge in [0.2, 0.25) is 0 Å². The van der Waals surface area contributed by atoms with E-state index in [1.807, 2.05) is 18.2 Å². The highest BCUT2D eigenvalue weighted by atomic mass is 16.5. The number of aliphatic hydroxyl groups is 1. The molecule has 3 nitrogen and oxygen atoms in total. The molecule has 1 aromatic rings. The van der Waals surface area contributed by atoms with E-state index < -0.39 is 5.60 Å². The second-order valence-corrected chi connectivity index (χ2v) is 3.78. The van der Waals surface area contributed by atoms with Gasteiger partial charge >= 0.3 is 0 Å². The van der Waals surface area contributed by atoms with Gasteiger partial charge in [-0.05, 0) is 13.8 Å². The van der Waals surface area contributed by atoms with Gasteiger partial charge in [-0.3, -0.25) is 4.79 Å². The molecule has 0 heterocycles. The van der Waals surface area contributed by atoms with E-state index >= 15 is 0 Å². The van der Waals surface area contributed by atoms with E-state index in [0.29, 0.717) is 5.56 Å². The Labute approximate surface area is 89.7 Å². The van der Waals surface area contributed by atoms with Crippen LogP contribution in [0.5, 0.6) is 0 Å². The van der Waals surface area contributed by atoms with Gasteiger partial charge in [-0.1, -0.05) is 30.3 Å². The van der Waals surface area contributed by atoms with Crippen molar-refractivity contribution >= 4 is 5.78 Å². The predicted octanol–water partition coefficient (Wildman–Crippen LogP) is 1.66. The van der Waals surface area contributed by atoms with Gasteiger partial charge in [-0.25, -0.2) is 0 Å². The van der Waals surface area contributed by atoms with Crippen LogP contribution in [-0.2, 0) is 4.74 Å². The number of rotatable bonds is 5. The summed E-state index contributed by atoms with van der Waals surface area (Å²) in [5.74, 6) is -0.0726. The van der Waals surface area contributed by atoms with E-state index in [2.05, 4.69) is 0 Å². The summed E-state index contributed by atoms with van der Waals surface area (Å²) in [4.78, 5) is 12.0. The molecule has 0 saturated carbocycles. The molecule has 82 valence electrons. The third kappa shape index (κ3) is 3.15. The summed E-state index contributed by atoms with van der Waals surface area (Å²) in [6.45, 7) is 3.51. The highest BCUT2D eigenvalue weighted by Gasteiger charge is 2.28. The Bertz CT molecular complexity index is 317. The van der Waals surface area contributed by atoms with Crippen LogP contribution in [0.2, 0.25) is 0 Å². The fourth-order valence-electron chi connectivity index (χ4n) is 1.30. The number of carbonyl (C=O) groups excluding carboxylic acids is 1. The minimum absolute atomic E-state index is 0.0726. The van der Waals surface area contributed by atoms with Crippen molar-refractivity contribution in [2.75, 3.05) is 13.2 Å². The first-order valence-electron chi connectivity index (χ1n) is 4.92. The van der Waals surface area contributed by atoms with Gasteiger partial charge in [0.1, 0.15) is 5.60 Å². The van der Waals surface area contributed by atoms with Crippen molar-refractivity contribution in [3.05, 3.63) is 35.9 Å². The van der Waals surface area contributed by atoms with Gasteiger partial charge in [0.25, 0.3) is 0 Å². The van der Waals surface area contributed by atoms with E-state index in [1.54, 1.807) is 26.0 Å². The molecule has 0 bridgehead atoms. The Balaban J connectivity index is 2.75. The van der Waals surface area contributed by atoms with E-state index in [1.165, 1.54) is 0 Å². The van der Waals surface area contributed by atoms with Crippen molar-refractivity contribution in [1.29, 1.82) is 0 Å². The molecule has 0 spiro atoms. The zero-order valence-corrected chi connectivity index (χ0v) is 9.06. The third-order valence-electron chi connectivity index (χ3n) is 2.14. The van der Waals surface area contributed by atoms with Crippen molar-refractivity contribution in [2.24, 2.45) is 0 Å². The minimum atomic E-state index is -0.885. The molecular weight excluding hydrogens is 192 g/mol. The van der Waals surface area contributed by atoms with Crippen molar-refractivity contribution in [1.82, 2.24) is 0 Å². The van der Waals surface area contributed by atoms with E-state index in [-0.39, 0.29) is 19.0 Å². The summed E-state index contributed by atoms with van der Waals surface area (Å²) in [6, 6.07) is 9.00. The average molecular weight is 208 g/mol. The molecule has 15 heavy (non-hydrogen) atoms. The Kier molecular flexibility index (Phi) is 4.00. The smallest absolute Gasteiger partial charge is 0.194 e. The molecule has 1 aromatic carbocycles. The highest BCUT2D eigenvalue weighted by Crippen LogP contribution is 2.16. The summed E-state index contributed by atoms with van der Waals surface area (Å²) in [5.41, 5.74) is -0.259. The van der Waals surface area contributed by atoms with Gasteiger partial charge < -0.3 is 9.84 Å². The lowest BCUT2D eigenvalue weighted by atomic mass is 9.96. The Morgan fingerprint density at radius 3 is 2.47 bits per heavy atom. The number of Topliss-reactive ketones (excluding diaryl/α,β-unsaturated/α-hetero) is 1. The van der Waals surface area contributed by atoms with Crippen LogP contribution in [0.3, 0.4) is 0 Å². The van der Waals surface area contributed by atoms with Crippen LogP contribution in [0, 0.1) is 0 Å². The second-order valence-electron chi connectivity index (χ2n) is 3.78. The Morgan fingerprint density at radius 1 is 1.33 bits per heavy atom. The van der Waals surface area contributed by atoms with Crippen molar-refractivity contribution in [3.63, 3.8) is 0 Å². The first-order chi connectivity index (χ1) is 7.08. The number of ether oxygens (including phenoxy) is 1. The predicted molar refractivity (Wildman–Crippen MR) is 57.9 cm³/mol. The molecule has 0 atom stereocenters. The standard InChI is InChI=1S/C12H16O3/c1-12(2,15-9-8-13)11(14)10-6-4-3-5-7-10/h3-7,13H,8-9H2,1-2H3. The number of ketones is 1.